The largest absolute Gasteiger partial charge is 0.471 e. The van der Waals surface area contributed by atoms with E-state index in [0.717, 1.165) is 28.0 Å². The summed E-state index contributed by atoms with van der Waals surface area (Å²) < 4.78 is 36.4. The minimum absolute atomic E-state index is 0.0673. The van der Waals surface area contributed by atoms with E-state index in [9.17, 15) is 18.0 Å². The molecule has 1 heterocycles. The number of alkyl halides is 3. The van der Waals surface area contributed by atoms with Crippen molar-refractivity contribution < 1.29 is 18.0 Å². The number of halogens is 3. The van der Waals surface area contributed by atoms with Gasteiger partial charge in [-0.2, -0.15) is 13.2 Å². The molecule has 0 saturated heterocycles. The molecule has 1 amide bonds. The molecule has 0 radical (unpaired) electrons. The van der Waals surface area contributed by atoms with E-state index in [2.05, 4.69) is 4.98 Å². The van der Waals surface area contributed by atoms with Crippen molar-refractivity contribution in [2.75, 3.05) is 5.32 Å². The maximum atomic E-state index is 12.1. The van der Waals surface area contributed by atoms with Crippen molar-refractivity contribution in [2.24, 2.45) is 0 Å². The fourth-order valence-corrected chi connectivity index (χ4v) is 2.43. The SMILES string of the molecule is Cc1ccc(-c2csc(NC(=O)C(F)(F)F)n2)c(C)c1. The molecule has 0 aliphatic rings. The molecule has 0 unspecified atom stereocenters. The topological polar surface area (TPSA) is 42.0 Å². The van der Waals surface area contributed by atoms with Gasteiger partial charge >= 0.3 is 12.1 Å². The van der Waals surface area contributed by atoms with Gasteiger partial charge in [0.15, 0.2) is 5.13 Å². The van der Waals surface area contributed by atoms with Crippen LogP contribution in [0.3, 0.4) is 0 Å². The van der Waals surface area contributed by atoms with Crippen molar-refractivity contribution in [1.29, 1.82) is 0 Å². The van der Waals surface area contributed by atoms with Crippen LogP contribution in [-0.2, 0) is 4.79 Å². The maximum Gasteiger partial charge on any atom is 0.471 e. The third-order valence-corrected chi connectivity index (χ3v) is 3.40. The van der Waals surface area contributed by atoms with Gasteiger partial charge in [0.2, 0.25) is 0 Å². The van der Waals surface area contributed by atoms with Crippen molar-refractivity contribution in [2.45, 2.75) is 20.0 Å². The summed E-state index contributed by atoms with van der Waals surface area (Å²) in [5.41, 5.74) is 3.44. The highest BCUT2D eigenvalue weighted by Gasteiger charge is 2.39. The predicted molar refractivity (Wildman–Crippen MR) is 71.7 cm³/mol. The summed E-state index contributed by atoms with van der Waals surface area (Å²) in [6.45, 7) is 3.85. The average Bonchev–Trinajstić information content (AvgIpc) is 2.76. The minimum atomic E-state index is -4.91. The van der Waals surface area contributed by atoms with Crippen molar-refractivity contribution in [3.63, 3.8) is 0 Å². The van der Waals surface area contributed by atoms with Crippen molar-refractivity contribution in [3.8, 4) is 11.3 Å². The molecular formula is C13H11F3N2OS. The van der Waals surface area contributed by atoms with Crippen LogP contribution in [0.15, 0.2) is 23.6 Å². The van der Waals surface area contributed by atoms with Gasteiger partial charge in [0.25, 0.3) is 0 Å². The van der Waals surface area contributed by atoms with E-state index in [-0.39, 0.29) is 5.13 Å². The van der Waals surface area contributed by atoms with E-state index in [1.807, 2.05) is 32.0 Å². The Bertz CT molecular complexity index is 649. The van der Waals surface area contributed by atoms with E-state index in [0.29, 0.717) is 5.69 Å². The molecule has 106 valence electrons. The molecule has 0 saturated carbocycles. The number of nitrogens with zero attached hydrogens (tertiary/aromatic N) is 1. The van der Waals surface area contributed by atoms with Crippen LogP contribution >= 0.6 is 11.3 Å². The minimum Gasteiger partial charge on any atom is -0.294 e. The molecule has 0 atom stereocenters. The molecule has 20 heavy (non-hydrogen) atoms. The van der Waals surface area contributed by atoms with E-state index >= 15 is 0 Å². The Labute approximate surface area is 117 Å². The molecular weight excluding hydrogens is 289 g/mol. The van der Waals surface area contributed by atoms with Gasteiger partial charge in [-0.05, 0) is 19.4 Å². The van der Waals surface area contributed by atoms with Crippen molar-refractivity contribution in [1.82, 2.24) is 4.98 Å². The number of rotatable bonds is 2. The van der Waals surface area contributed by atoms with Gasteiger partial charge in [0.1, 0.15) is 0 Å². The highest BCUT2D eigenvalue weighted by Crippen LogP contribution is 2.28. The van der Waals surface area contributed by atoms with Crippen LogP contribution in [0.25, 0.3) is 11.3 Å². The monoisotopic (exact) mass is 300 g/mol. The molecule has 1 aromatic carbocycles. The second kappa shape index (κ2) is 5.24. The Hall–Kier alpha value is -1.89. The van der Waals surface area contributed by atoms with E-state index in [1.54, 1.807) is 10.7 Å². The summed E-state index contributed by atoms with van der Waals surface area (Å²) in [6, 6.07) is 5.72. The molecule has 2 rings (SSSR count). The summed E-state index contributed by atoms with van der Waals surface area (Å²) in [5.74, 6) is -2.01. The summed E-state index contributed by atoms with van der Waals surface area (Å²) in [6.07, 6.45) is -4.91. The molecule has 0 aliphatic carbocycles. The van der Waals surface area contributed by atoms with Crippen LogP contribution in [0.1, 0.15) is 11.1 Å². The third kappa shape index (κ3) is 3.16. The number of carbonyl (C=O) groups is 1. The van der Waals surface area contributed by atoms with Gasteiger partial charge in [0, 0.05) is 10.9 Å². The number of anilines is 1. The molecule has 1 aromatic heterocycles. The van der Waals surface area contributed by atoms with Gasteiger partial charge in [-0.3, -0.25) is 10.1 Å². The Morgan fingerprint density at radius 2 is 2.00 bits per heavy atom. The Morgan fingerprint density at radius 1 is 1.30 bits per heavy atom. The third-order valence-electron chi connectivity index (χ3n) is 2.64. The zero-order valence-corrected chi connectivity index (χ0v) is 11.5. The predicted octanol–water partition coefficient (Wildman–Crippen LogP) is 3.93. The fourth-order valence-electron chi connectivity index (χ4n) is 1.72. The van der Waals surface area contributed by atoms with Crippen LogP contribution < -0.4 is 5.32 Å². The van der Waals surface area contributed by atoms with Crippen LogP contribution in [0.2, 0.25) is 0 Å². The molecule has 0 bridgehead atoms. The van der Waals surface area contributed by atoms with E-state index in [4.69, 9.17) is 0 Å². The average molecular weight is 300 g/mol. The zero-order valence-electron chi connectivity index (χ0n) is 10.7. The van der Waals surface area contributed by atoms with Crippen molar-refractivity contribution in [3.05, 3.63) is 34.7 Å². The van der Waals surface area contributed by atoms with Crippen molar-refractivity contribution >= 4 is 22.4 Å². The highest BCUT2D eigenvalue weighted by molar-refractivity contribution is 7.14. The molecule has 7 heteroatoms. The quantitative estimate of drug-likeness (QED) is 0.913. The van der Waals surface area contributed by atoms with Crippen LogP contribution in [0.5, 0.6) is 0 Å². The number of carbonyl (C=O) groups excluding carboxylic acids is 1. The normalized spacial score (nSPS) is 11.4. The van der Waals surface area contributed by atoms with E-state index < -0.39 is 12.1 Å². The lowest BCUT2D eigenvalue weighted by atomic mass is 10.0. The molecule has 0 fully saturated rings. The van der Waals surface area contributed by atoms with Crippen LogP contribution in [0, 0.1) is 13.8 Å². The number of hydrogen-bond acceptors (Lipinski definition) is 3. The van der Waals surface area contributed by atoms with Gasteiger partial charge in [-0.15, -0.1) is 11.3 Å². The zero-order chi connectivity index (χ0) is 14.9. The van der Waals surface area contributed by atoms with Crippen LogP contribution in [0.4, 0.5) is 18.3 Å². The first-order chi connectivity index (χ1) is 9.27. The van der Waals surface area contributed by atoms with Gasteiger partial charge < -0.3 is 0 Å². The van der Waals surface area contributed by atoms with Crippen LogP contribution in [-0.4, -0.2) is 17.1 Å². The number of aromatic nitrogens is 1. The van der Waals surface area contributed by atoms with Gasteiger partial charge in [-0.25, -0.2) is 4.98 Å². The standard InChI is InChI=1S/C13H11F3N2OS/c1-7-3-4-9(8(2)5-7)10-6-20-12(17-10)18-11(19)13(14,15)16/h3-6H,1-2H3,(H,17,18,19). The second-order valence-corrected chi connectivity index (χ2v) is 5.17. The molecule has 1 N–H and O–H groups in total. The number of thiazole rings is 1. The highest BCUT2D eigenvalue weighted by atomic mass is 32.1. The lowest BCUT2D eigenvalue weighted by Crippen LogP contribution is -2.29. The molecule has 3 nitrogen and oxygen atoms in total. The summed E-state index contributed by atoms with van der Waals surface area (Å²) >= 11 is 0.959. The second-order valence-electron chi connectivity index (χ2n) is 4.31. The number of aryl methyl sites for hydroxylation is 2. The summed E-state index contributed by atoms with van der Waals surface area (Å²) in [4.78, 5) is 14.8. The Balaban J connectivity index is 2.23. The maximum absolute atomic E-state index is 12.1. The summed E-state index contributed by atoms with van der Waals surface area (Å²) in [7, 11) is 0. The number of amides is 1. The van der Waals surface area contributed by atoms with Gasteiger partial charge in [0.05, 0.1) is 5.69 Å². The first-order valence-electron chi connectivity index (χ1n) is 5.68. The number of nitrogens with one attached hydrogen (secondary N) is 1. The Kier molecular flexibility index (Phi) is 3.80. The number of benzene rings is 1. The van der Waals surface area contributed by atoms with E-state index in [1.165, 1.54) is 0 Å². The summed E-state index contributed by atoms with van der Waals surface area (Å²) in [5, 5.41) is 3.29. The lowest BCUT2D eigenvalue weighted by molar-refractivity contribution is -0.167. The first-order valence-corrected chi connectivity index (χ1v) is 6.56. The Morgan fingerprint density at radius 3 is 2.60 bits per heavy atom. The molecule has 0 aliphatic heterocycles. The first kappa shape index (κ1) is 14.5. The number of hydrogen-bond donors (Lipinski definition) is 1. The smallest absolute Gasteiger partial charge is 0.294 e. The van der Waals surface area contributed by atoms with Gasteiger partial charge in [-0.1, -0.05) is 23.8 Å². The fraction of sp³-hybridized carbons (Fsp3) is 0.231. The molecule has 2 aromatic rings. The lowest BCUT2D eigenvalue weighted by Gasteiger charge is -2.05. The molecule has 0 spiro atoms.